The number of nitrogens with zero attached hydrogens (tertiary/aromatic N) is 3. The summed E-state index contributed by atoms with van der Waals surface area (Å²) in [6.45, 7) is 6.31. The van der Waals surface area contributed by atoms with E-state index in [1.807, 2.05) is 23.7 Å². The van der Waals surface area contributed by atoms with Crippen molar-refractivity contribution in [1.29, 1.82) is 0 Å². The molecule has 4 aromatic rings. The molecule has 0 aliphatic carbocycles. The lowest BCUT2D eigenvalue weighted by Crippen LogP contribution is -2.15. The molecule has 0 atom stereocenters. The van der Waals surface area contributed by atoms with Gasteiger partial charge in [-0.3, -0.25) is 10.1 Å². The van der Waals surface area contributed by atoms with Crippen LogP contribution in [-0.4, -0.2) is 20.4 Å². The van der Waals surface area contributed by atoms with Gasteiger partial charge in [-0.1, -0.05) is 6.07 Å². The Bertz CT molecular complexity index is 1170. The molecular weight excluding hydrogens is 356 g/mol. The molecule has 0 saturated heterocycles. The molecule has 0 aliphatic rings. The van der Waals surface area contributed by atoms with E-state index in [0.29, 0.717) is 11.5 Å². The van der Waals surface area contributed by atoms with E-state index in [-0.39, 0.29) is 5.91 Å². The molecule has 0 radical (unpaired) electrons. The van der Waals surface area contributed by atoms with Gasteiger partial charge in [0.05, 0.1) is 27.6 Å². The zero-order valence-electron chi connectivity index (χ0n) is 15.7. The van der Waals surface area contributed by atoms with Gasteiger partial charge in [-0.15, -0.1) is 11.3 Å². The van der Waals surface area contributed by atoms with Crippen LogP contribution in [0.1, 0.15) is 27.0 Å². The number of carbonyl (C=O) groups excluding carboxylic acids is 1. The molecule has 136 valence electrons. The number of aromatic nitrogens is 3. The number of nitrogens with one attached hydrogen (secondary N) is 1. The van der Waals surface area contributed by atoms with Crippen LogP contribution in [0.3, 0.4) is 0 Å². The second-order valence-electron chi connectivity index (χ2n) is 6.77. The summed E-state index contributed by atoms with van der Waals surface area (Å²) in [6, 6.07) is 9.86. The highest BCUT2D eigenvalue weighted by atomic mass is 32.1. The van der Waals surface area contributed by atoms with E-state index in [1.165, 1.54) is 28.0 Å². The van der Waals surface area contributed by atoms with Crippen LogP contribution in [0.25, 0.3) is 21.5 Å². The molecule has 0 fully saturated rings. The summed E-state index contributed by atoms with van der Waals surface area (Å²) in [5, 5.41) is 2.92. The number of fused-ring (bicyclic) bond motifs is 1. The smallest absolute Gasteiger partial charge is 0.258 e. The number of hydrogen-bond acceptors (Lipinski definition) is 4. The van der Waals surface area contributed by atoms with Crippen LogP contribution >= 0.6 is 11.3 Å². The quantitative estimate of drug-likeness (QED) is 0.555. The van der Waals surface area contributed by atoms with E-state index in [2.05, 4.69) is 48.2 Å². The lowest BCUT2D eigenvalue weighted by atomic mass is 9.99. The number of carbonyl (C=O) groups is 1. The molecule has 1 amide bonds. The minimum absolute atomic E-state index is 0.178. The molecule has 2 aromatic heterocycles. The highest BCUT2D eigenvalue weighted by Crippen LogP contribution is 2.28. The lowest BCUT2D eigenvalue weighted by molar-refractivity contribution is 0.102. The molecule has 27 heavy (non-hydrogen) atoms. The van der Waals surface area contributed by atoms with Gasteiger partial charge in [-0.05, 0) is 61.7 Å². The normalized spacial score (nSPS) is 11.1. The zero-order chi connectivity index (χ0) is 19.1. The van der Waals surface area contributed by atoms with Crippen molar-refractivity contribution in [3.05, 3.63) is 64.3 Å². The molecule has 0 spiro atoms. The first-order valence-corrected chi connectivity index (χ1v) is 9.56. The zero-order valence-corrected chi connectivity index (χ0v) is 16.5. The van der Waals surface area contributed by atoms with Crippen LogP contribution in [0.5, 0.6) is 0 Å². The molecule has 0 aliphatic heterocycles. The Hall–Kier alpha value is -2.99. The number of amides is 1. The molecular formula is C21H20N4OS. The van der Waals surface area contributed by atoms with E-state index >= 15 is 0 Å². The first-order valence-electron chi connectivity index (χ1n) is 8.68. The standard InChI is InChI=1S/C21H20N4OS/c1-12-7-14(3)16(8-13(12)2)18-10-22-21(25(18)4)24-20(26)15-5-6-17-19(9-15)27-11-23-17/h5-11H,1-4H3,(H,22,24,26). The summed E-state index contributed by atoms with van der Waals surface area (Å²) in [4.78, 5) is 21.3. The Kier molecular flexibility index (Phi) is 4.28. The second-order valence-corrected chi connectivity index (χ2v) is 7.65. The maximum atomic E-state index is 12.7. The highest BCUT2D eigenvalue weighted by Gasteiger charge is 2.15. The van der Waals surface area contributed by atoms with Gasteiger partial charge in [0.1, 0.15) is 0 Å². The average Bonchev–Trinajstić information content (AvgIpc) is 3.25. The molecule has 6 heteroatoms. The number of hydrogen-bond donors (Lipinski definition) is 1. The van der Waals surface area contributed by atoms with Crippen LogP contribution in [-0.2, 0) is 7.05 Å². The van der Waals surface area contributed by atoms with Crippen LogP contribution in [0, 0.1) is 20.8 Å². The van der Waals surface area contributed by atoms with Crippen LogP contribution in [0.4, 0.5) is 5.95 Å². The highest BCUT2D eigenvalue weighted by molar-refractivity contribution is 7.16. The third kappa shape index (κ3) is 3.13. The van der Waals surface area contributed by atoms with E-state index < -0.39 is 0 Å². The van der Waals surface area contributed by atoms with Gasteiger partial charge < -0.3 is 4.57 Å². The third-order valence-corrected chi connectivity index (χ3v) is 5.72. The first-order chi connectivity index (χ1) is 12.9. The van der Waals surface area contributed by atoms with Gasteiger partial charge in [0.25, 0.3) is 5.91 Å². The largest absolute Gasteiger partial charge is 0.313 e. The fourth-order valence-electron chi connectivity index (χ4n) is 3.18. The first kappa shape index (κ1) is 17.4. The third-order valence-electron chi connectivity index (χ3n) is 4.92. The van der Waals surface area contributed by atoms with Gasteiger partial charge in [0.2, 0.25) is 5.95 Å². The maximum Gasteiger partial charge on any atom is 0.258 e. The van der Waals surface area contributed by atoms with Gasteiger partial charge >= 0.3 is 0 Å². The van der Waals surface area contributed by atoms with Crippen molar-refractivity contribution < 1.29 is 4.79 Å². The molecule has 0 unspecified atom stereocenters. The van der Waals surface area contributed by atoms with Crippen molar-refractivity contribution >= 4 is 33.4 Å². The summed E-state index contributed by atoms with van der Waals surface area (Å²) in [7, 11) is 1.92. The molecule has 5 nitrogen and oxygen atoms in total. The average molecular weight is 376 g/mol. The Balaban J connectivity index is 1.64. The molecule has 4 rings (SSSR count). The monoisotopic (exact) mass is 376 g/mol. The summed E-state index contributed by atoms with van der Waals surface area (Å²) >= 11 is 1.52. The molecule has 0 bridgehead atoms. The lowest BCUT2D eigenvalue weighted by Gasteiger charge is -2.12. The van der Waals surface area contributed by atoms with Crippen molar-refractivity contribution in [2.24, 2.45) is 7.05 Å². The number of benzene rings is 2. The Labute approximate surface area is 161 Å². The number of thiazole rings is 1. The Morgan fingerprint density at radius 1 is 1.04 bits per heavy atom. The summed E-state index contributed by atoms with van der Waals surface area (Å²) in [6.07, 6.45) is 1.80. The summed E-state index contributed by atoms with van der Waals surface area (Å²) < 4.78 is 2.91. The van der Waals surface area contributed by atoms with Crippen molar-refractivity contribution in [1.82, 2.24) is 14.5 Å². The predicted octanol–water partition coefficient (Wildman–Crippen LogP) is 4.87. The minimum atomic E-state index is -0.178. The van der Waals surface area contributed by atoms with E-state index in [0.717, 1.165) is 21.5 Å². The second kappa shape index (κ2) is 6.63. The van der Waals surface area contributed by atoms with Crippen LogP contribution in [0.2, 0.25) is 0 Å². The van der Waals surface area contributed by atoms with Gasteiger partial charge in [0, 0.05) is 18.2 Å². The number of aryl methyl sites for hydroxylation is 3. The Morgan fingerprint density at radius 2 is 1.81 bits per heavy atom. The van der Waals surface area contributed by atoms with Crippen molar-refractivity contribution in [3.63, 3.8) is 0 Å². The Morgan fingerprint density at radius 3 is 2.63 bits per heavy atom. The van der Waals surface area contributed by atoms with Crippen molar-refractivity contribution in [3.8, 4) is 11.3 Å². The van der Waals surface area contributed by atoms with Gasteiger partial charge in [-0.2, -0.15) is 0 Å². The van der Waals surface area contributed by atoms with E-state index in [4.69, 9.17) is 0 Å². The van der Waals surface area contributed by atoms with E-state index in [9.17, 15) is 4.79 Å². The fraction of sp³-hybridized carbons (Fsp3) is 0.190. The van der Waals surface area contributed by atoms with Crippen LogP contribution < -0.4 is 5.32 Å². The van der Waals surface area contributed by atoms with Gasteiger partial charge in [0.15, 0.2) is 0 Å². The molecule has 2 heterocycles. The number of imidazole rings is 1. The predicted molar refractivity (Wildman–Crippen MR) is 110 cm³/mol. The maximum absolute atomic E-state index is 12.7. The van der Waals surface area contributed by atoms with E-state index in [1.54, 1.807) is 17.8 Å². The topological polar surface area (TPSA) is 59.8 Å². The molecule has 2 aromatic carbocycles. The van der Waals surface area contributed by atoms with Gasteiger partial charge in [-0.25, -0.2) is 9.97 Å². The molecule has 1 N–H and O–H groups in total. The number of anilines is 1. The minimum Gasteiger partial charge on any atom is -0.313 e. The van der Waals surface area contributed by atoms with Crippen molar-refractivity contribution in [2.45, 2.75) is 20.8 Å². The summed E-state index contributed by atoms with van der Waals surface area (Å²) in [5.41, 5.74) is 9.08. The fourth-order valence-corrected chi connectivity index (χ4v) is 3.90. The van der Waals surface area contributed by atoms with Crippen molar-refractivity contribution in [2.75, 3.05) is 5.32 Å². The SMILES string of the molecule is Cc1cc(C)c(-c2cnc(NC(=O)c3ccc4ncsc4c3)n2C)cc1C. The number of rotatable bonds is 3. The van der Waals surface area contributed by atoms with Crippen LogP contribution in [0.15, 0.2) is 42.0 Å². The molecule has 0 saturated carbocycles. The summed E-state index contributed by atoms with van der Waals surface area (Å²) in [5.74, 6) is 0.347.